The molecule has 1 aliphatic heterocycles. The van der Waals surface area contributed by atoms with Crippen LogP contribution in [0.2, 0.25) is 0 Å². The van der Waals surface area contributed by atoms with Gasteiger partial charge in [0.05, 0.1) is 18.7 Å². The zero-order valence-corrected chi connectivity index (χ0v) is 10.1. The Balaban J connectivity index is 2.13. The number of thiazole rings is 1. The van der Waals surface area contributed by atoms with Gasteiger partial charge in [0.25, 0.3) is 5.91 Å². The molecule has 2 heterocycles. The summed E-state index contributed by atoms with van der Waals surface area (Å²) in [7, 11) is 0. The van der Waals surface area contributed by atoms with Gasteiger partial charge in [0, 0.05) is 11.9 Å². The number of aromatic nitrogens is 1. The fraction of sp³-hybridized carbons (Fsp3) is 0.500. The van der Waals surface area contributed by atoms with E-state index < -0.39 is 11.6 Å². The molecule has 1 unspecified atom stereocenters. The summed E-state index contributed by atoms with van der Waals surface area (Å²) in [4.78, 5) is 28.4. The van der Waals surface area contributed by atoms with E-state index in [1.807, 2.05) is 0 Å². The second kappa shape index (κ2) is 4.42. The highest BCUT2D eigenvalue weighted by Gasteiger charge is 2.41. The highest BCUT2D eigenvalue weighted by atomic mass is 32.1. The van der Waals surface area contributed by atoms with Gasteiger partial charge in [0.15, 0.2) is 5.60 Å². The Labute approximate surface area is 102 Å². The van der Waals surface area contributed by atoms with Crippen LogP contribution in [-0.4, -0.2) is 52.2 Å². The maximum atomic E-state index is 12.0. The standard InChI is InChI=1S/C10H12N2O4S/c1-10(9(14)15)5-12(2-3-16-10)8(13)7-4-17-6-11-7/h4,6H,2-3,5H2,1H3,(H,14,15). The Morgan fingerprint density at radius 1 is 1.65 bits per heavy atom. The summed E-state index contributed by atoms with van der Waals surface area (Å²) in [5.41, 5.74) is 0.596. The lowest BCUT2D eigenvalue weighted by atomic mass is 10.0. The van der Waals surface area contributed by atoms with Crippen LogP contribution in [0.15, 0.2) is 10.9 Å². The Morgan fingerprint density at radius 2 is 2.41 bits per heavy atom. The van der Waals surface area contributed by atoms with Gasteiger partial charge in [-0.2, -0.15) is 0 Å². The monoisotopic (exact) mass is 256 g/mol. The maximum absolute atomic E-state index is 12.0. The molecule has 92 valence electrons. The smallest absolute Gasteiger partial charge is 0.337 e. The van der Waals surface area contributed by atoms with E-state index in [1.165, 1.54) is 23.2 Å². The molecule has 1 aromatic rings. The van der Waals surface area contributed by atoms with Crippen LogP contribution >= 0.6 is 11.3 Å². The quantitative estimate of drug-likeness (QED) is 0.831. The molecule has 1 amide bonds. The largest absolute Gasteiger partial charge is 0.479 e. The van der Waals surface area contributed by atoms with Gasteiger partial charge in [-0.05, 0) is 6.92 Å². The fourth-order valence-electron chi connectivity index (χ4n) is 1.65. The van der Waals surface area contributed by atoms with Crippen molar-refractivity contribution in [3.63, 3.8) is 0 Å². The first-order valence-corrected chi connectivity index (χ1v) is 6.02. The topological polar surface area (TPSA) is 79.7 Å². The lowest BCUT2D eigenvalue weighted by Gasteiger charge is -2.37. The van der Waals surface area contributed by atoms with Crippen molar-refractivity contribution in [2.24, 2.45) is 0 Å². The summed E-state index contributed by atoms with van der Waals surface area (Å²) in [5.74, 6) is -1.31. The van der Waals surface area contributed by atoms with Crippen molar-refractivity contribution in [2.75, 3.05) is 19.7 Å². The van der Waals surface area contributed by atoms with Gasteiger partial charge in [-0.25, -0.2) is 9.78 Å². The zero-order valence-electron chi connectivity index (χ0n) is 9.25. The molecule has 1 saturated heterocycles. The molecule has 0 saturated carbocycles. The average Bonchev–Trinajstić information content (AvgIpc) is 2.81. The van der Waals surface area contributed by atoms with Gasteiger partial charge in [-0.3, -0.25) is 4.79 Å². The van der Waals surface area contributed by atoms with Crippen LogP contribution in [0, 0.1) is 0 Å². The second-order valence-corrected chi connectivity index (χ2v) is 4.70. The summed E-state index contributed by atoms with van der Waals surface area (Å²) < 4.78 is 5.21. The molecular formula is C10H12N2O4S. The number of nitrogens with zero attached hydrogens (tertiary/aromatic N) is 2. The Hall–Kier alpha value is -1.47. The van der Waals surface area contributed by atoms with Gasteiger partial charge in [0.1, 0.15) is 5.69 Å². The van der Waals surface area contributed by atoms with Crippen molar-refractivity contribution in [1.29, 1.82) is 0 Å². The fourth-order valence-corrected chi connectivity index (χ4v) is 2.18. The lowest BCUT2D eigenvalue weighted by Crippen LogP contribution is -2.56. The molecular weight excluding hydrogens is 244 g/mol. The van der Waals surface area contributed by atoms with E-state index >= 15 is 0 Å². The summed E-state index contributed by atoms with van der Waals surface area (Å²) in [6.07, 6.45) is 0. The van der Waals surface area contributed by atoms with Crippen LogP contribution in [-0.2, 0) is 9.53 Å². The van der Waals surface area contributed by atoms with Crippen molar-refractivity contribution in [3.05, 3.63) is 16.6 Å². The van der Waals surface area contributed by atoms with Gasteiger partial charge in [-0.15, -0.1) is 11.3 Å². The molecule has 1 fully saturated rings. The average molecular weight is 256 g/mol. The third-order valence-electron chi connectivity index (χ3n) is 2.67. The number of aliphatic carboxylic acids is 1. The predicted molar refractivity (Wildman–Crippen MR) is 60.0 cm³/mol. The molecule has 6 nitrogen and oxygen atoms in total. The molecule has 0 bridgehead atoms. The van der Waals surface area contributed by atoms with E-state index in [-0.39, 0.29) is 19.1 Å². The van der Waals surface area contributed by atoms with E-state index in [4.69, 9.17) is 9.84 Å². The number of carboxylic acid groups (broad SMARTS) is 1. The summed E-state index contributed by atoms with van der Waals surface area (Å²) >= 11 is 1.33. The van der Waals surface area contributed by atoms with Crippen LogP contribution in [0.4, 0.5) is 0 Å². The van der Waals surface area contributed by atoms with E-state index in [0.29, 0.717) is 12.2 Å². The highest BCUT2D eigenvalue weighted by molar-refractivity contribution is 7.07. The molecule has 0 radical (unpaired) electrons. The number of carbonyl (C=O) groups excluding carboxylic acids is 1. The van der Waals surface area contributed by atoms with Crippen molar-refractivity contribution < 1.29 is 19.4 Å². The number of ether oxygens (including phenoxy) is 1. The number of amides is 1. The van der Waals surface area contributed by atoms with Gasteiger partial charge in [-0.1, -0.05) is 0 Å². The molecule has 0 aromatic carbocycles. The van der Waals surface area contributed by atoms with Crippen LogP contribution in [0.25, 0.3) is 0 Å². The minimum Gasteiger partial charge on any atom is -0.479 e. The molecule has 1 aliphatic rings. The molecule has 1 aromatic heterocycles. The number of carbonyl (C=O) groups is 2. The number of morpholine rings is 1. The highest BCUT2D eigenvalue weighted by Crippen LogP contribution is 2.19. The van der Waals surface area contributed by atoms with Crippen LogP contribution in [0.1, 0.15) is 17.4 Å². The molecule has 2 rings (SSSR count). The van der Waals surface area contributed by atoms with Crippen molar-refractivity contribution in [3.8, 4) is 0 Å². The van der Waals surface area contributed by atoms with E-state index in [9.17, 15) is 9.59 Å². The van der Waals surface area contributed by atoms with Gasteiger partial charge >= 0.3 is 5.97 Å². The molecule has 0 spiro atoms. The zero-order chi connectivity index (χ0) is 12.5. The first kappa shape index (κ1) is 12.0. The lowest BCUT2D eigenvalue weighted by molar-refractivity contribution is -0.171. The van der Waals surface area contributed by atoms with Crippen LogP contribution in [0.5, 0.6) is 0 Å². The minimum atomic E-state index is -1.33. The van der Waals surface area contributed by atoms with Crippen molar-refractivity contribution >= 4 is 23.2 Å². The Kier molecular flexibility index (Phi) is 3.12. The summed E-state index contributed by atoms with van der Waals surface area (Å²) in [5, 5.41) is 10.7. The van der Waals surface area contributed by atoms with E-state index in [1.54, 1.807) is 10.9 Å². The van der Waals surface area contributed by atoms with E-state index in [2.05, 4.69) is 4.98 Å². The predicted octanol–water partition coefficient (Wildman–Crippen LogP) is 0.459. The normalized spacial score (nSPS) is 24.6. The molecule has 1 atom stereocenters. The summed E-state index contributed by atoms with van der Waals surface area (Å²) in [6.45, 7) is 2.12. The molecule has 0 aliphatic carbocycles. The van der Waals surface area contributed by atoms with Crippen molar-refractivity contribution in [2.45, 2.75) is 12.5 Å². The Morgan fingerprint density at radius 3 is 3.00 bits per heavy atom. The Bertz CT molecular complexity index is 434. The number of carboxylic acids is 1. The first-order chi connectivity index (χ1) is 8.03. The maximum Gasteiger partial charge on any atom is 0.337 e. The third-order valence-corrected chi connectivity index (χ3v) is 3.25. The molecule has 1 N–H and O–H groups in total. The first-order valence-electron chi connectivity index (χ1n) is 5.08. The van der Waals surface area contributed by atoms with Gasteiger partial charge in [0.2, 0.25) is 0 Å². The van der Waals surface area contributed by atoms with Crippen LogP contribution < -0.4 is 0 Å². The van der Waals surface area contributed by atoms with Crippen molar-refractivity contribution in [1.82, 2.24) is 9.88 Å². The number of hydrogen-bond donors (Lipinski definition) is 1. The van der Waals surface area contributed by atoms with Gasteiger partial charge < -0.3 is 14.7 Å². The summed E-state index contributed by atoms with van der Waals surface area (Å²) in [6, 6.07) is 0. The second-order valence-electron chi connectivity index (χ2n) is 3.98. The van der Waals surface area contributed by atoms with E-state index in [0.717, 1.165) is 0 Å². The molecule has 7 heteroatoms. The number of rotatable bonds is 2. The third kappa shape index (κ3) is 2.29. The SMILES string of the molecule is CC1(C(=O)O)CN(C(=O)c2cscn2)CCO1. The van der Waals surface area contributed by atoms with Crippen LogP contribution in [0.3, 0.4) is 0 Å². The molecule has 17 heavy (non-hydrogen) atoms. The minimum absolute atomic E-state index is 0.0404. The number of hydrogen-bond acceptors (Lipinski definition) is 5.